The van der Waals surface area contributed by atoms with Gasteiger partial charge in [-0.05, 0) is 18.2 Å². The Hall–Kier alpha value is -1.29. The van der Waals surface area contributed by atoms with E-state index in [9.17, 15) is 9.18 Å². The molecule has 0 saturated carbocycles. The third-order valence-corrected chi connectivity index (χ3v) is 2.79. The first kappa shape index (κ1) is 10.2. The first-order valence-corrected chi connectivity index (χ1v) is 4.93. The molecular weight excluding hydrogens is 219 g/mol. The van der Waals surface area contributed by atoms with Gasteiger partial charge in [0.15, 0.2) is 0 Å². The van der Waals surface area contributed by atoms with E-state index in [0.717, 1.165) is 0 Å². The van der Waals surface area contributed by atoms with E-state index in [1.807, 2.05) is 0 Å². The van der Waals surface area contributed by atoms with Gasteiger partial charge in [-0.1, -0.05) is 11.6 Å². The van der Waals surface area contributed by atoms with Crippen molar-refractivity contribution >= 4 is 17.6 Å². The molecule has 1 aliphatic heterocycles. The molecule has 0 aromatic heterocycles. The van der Waals surface area contributed by atoms with E-state index in [-0.39, 0.29) is 17.9 Å². The molecule has 3 nitrogen and oxygen atoms in total. The van der Waals surface area contributed by atoms with Crippen molar-refractivity contribution in [1.29, 1.82) is 0 Å². The second kappa shape index (κ2) is 3.70. The molecule has 80 valence electrons. The molecule has 0 aliphatic carbocycles. The Morgan fingerprint density at radius 1 is 1.60 bits per heavy atom. The molecule has 1 unspecified atom stereocenters. The maximum Gasteiger partial charge on any atom is 0.317 e. The van der Waals surface area contributed by atoms with E-state index in [2.05, 4.69) is 5.32 Å². The number of benzene rings is 1. The first-order chi connectivity index (χ1) is 7.09. The summed E-state index contributed by atoms with van der Waals surface area (Å²) in [4.78, 5) is 12.7. The second-order valence-corrected chi connectivity index (χ2v) is 3.92. The highest BCUT2D eigenvalue weighted by atomic mass is 35.5. The fourth-order valence-corrected chi connectivity index (χ4v) is 1.86. The minimum Gasteiger partial charge on any atom is -0.336 e. The van der Waals surface area contributed by atoms with Gasteiger partial charge in [-0.25, -0.2) is 9.18 Å². The number of carbonyl (C=O) groups is 1. The molecule has 0 bridgehead atoms. The van der Waals surface area contributed by atoms with Gasteiger partial charge in [0.1, 0.15) is 5.82 Å². The van der Waals surface area contributed by atoms with Crippen LogP contribution < -0.4 is 5.32 Å². The predicted molar refractivity (Wildman–Crippen MR) is 55.3 cm³/mol. The molecule has 1 fully saturated rings. The Balaban J connectivity index is 2.37. The van der Waals surface area contributed by atoms with Gasteiger partial charge in [-0.3, -0.25) is 0 Å². The average Bonchev–Trinajstić information content (AvgIpc) is 2.52. The maximum atomic E-state index is 13.5. The van der Waals surface area contributed by atoms with Crippen molar-refractivity contribution in [3.8, 4) is 0 Å². The lowest BCUT2D eigenvalue weighted by molar-refractivity contribution is 0.216. The maximum absolute atomic E-state index is 13.5. The lowest BCUT2D eigenvalue weighted by Gasteiger charge is -2.18. The summed E-state index contributed by atoms with van der Waals surface area (Å²) in [6.45, 7) is 0.409. The van der Waals surface area contributed by atoms with Crippen LogP contribution in [0.2, 0.25) is 5.02 Å². The summed E-state index contributed by atoms with van der Waals surface area (Å²) < 4.78 is 13.5. The molecule has 5 heteroatoms. The molecule has 2 rings (SSSR count). The number of carbonyl (C=O) groups excluding carboxylic acids is 1. The van der Waals surface area contributed by atoms with Crippen LogP contribution in [0, 0.1) is 5.82 Å². The number of halogens is 2. The van der Waals surface area contributed by atoms with Gasteiger partial charge in [0, 0.05) is 24.2 Å². The van der Waals surface area contributed by atoms with Crippen LogP contribution in [0.1, 0.15) is 11.6 Å². The molecule has 1 N–H and O–H groups in total. The second-order valence-electron chi connectivity index (χ2n) is 3.48. The van der Waals surface area contributed by atoms with Crippen LogP contribution in [0.15, 0.2) is 18.2 Å². The van der Waals surface area contributed by atoms with Gasteiger partial charge in [-0.15, -0.1) is 0 Å². The minimum absolute atomic E-state index is 0.195. The Morgan fingerprint density at radius 3 is 2.93 bits per heavy atom. The van der Waals surface area contributed by atoms with E-state index in [4.69, 9.17) is 11.6 Å². The summed E-state index contributed by atoms with van der Waals surface area (Å²) in [7, 11) is 1.63. The van der Waals surface area contributed by atoms with Crippen LogP contribution in [0.3, 0.4) is 0 Å². The van der Waals surface area contributed by atoms with Crippen LogP contribution in [-0.4, -0.2) is 24.5 Å². The first-order valence-electron chi connectivity index (χ1n) is 4.55. The minimum atomic E-state index is -0.340. The number of hydrogen-bond acceptors (Lipinski definition) is 1. The van der Waals surface area contributed by atoms with E-state index in [0.29, 0.717) is 17.1 Å². The third-order valence-electron chi connectivity index (χ3n) is 2.55. The molecule has 1 aliphatic rings. The molecule has 1 aromatic rings. The summed E-state index contributed by atoms with van der Waals surface area (Å²) in [6, 6.07) is 3.88. The Labute approximate surface area is 91.8 Å². The molecule has 1 atom stereocenters. The van der Waals surface area contributed by atoms with E-state index >= 15 is 0 Å². The zero-order valence-corrected chi connectivity index (χ0v) is 8.88. The van der Waals surface area contributed by atoms with Crippen LogP contribution in [0.25, 0.3) is 0 Å². The van der Waals surface area contributed by atoms with Crippen LogP contribution in [0.5, 0.6) is 0 Å². The zero-order chi connectivity index (χ0) is 11.0. The molecule has 0 radical (unpaired) electrons. The number of amides is 2. The van der Waals surface area contributed by atoms with Crippen molar-refractivity contribution in [1.82, 2.24) is 10.2 Å². The summed E-state index contributed by atoms with van der Waals surface area (Å²) >= 11 is 5.79. The number of urea groups is 1. The van der Waals surface area contributed by atoms with Crippen molar-refractivity contribution in [2.45, 2.75) is 6.04 Å². The largest absolute Gasteiger partial charge is 0.336 e. The Bertz CT molecular complexity index is 410. The summed E-state index contributed by atoms with van der Waals surface area (Å²) in [5, 5.41) is 3.11. The monoisotopic (exact) mass is 228 g/mol. The highest BCUT2D eigenvalue weighted by Gasteiger charge is 2.30. The highest BCUT2D eigenvalue weighted by molar-refractivity contribution is 6.30. The van der Waals surface area contributed by atoms with Gasteiger partial charge in [0.25, 0.3) is 0 Å². The van der Waals surface area contributed by atoms with Crippen LogP contribution in [0.4, 0.5) is 9.18 Å². The SMILES string of the molecule is CN1C(=O)NCC1c1cc(Cl)ccc1F. The highest BCUT2D eigenvalue weighted by Crippen LogP contribution is 2.27. The van der Waals surface area contributed by atoms with Gasteiger partial charge >= 0.3 is 6.03 Å². The summed E-state index contributed by atoms with van der Waals surface area (Å²) in [5.41, 5.74) is 0.448. The third kappa shape index (κ3) is 1.77. The molecule has 1 aromatic carbocycles. The molecule has 1 saturated heterocycles. The normalized spacial score (nSPS) is 20.6. The zero-order valence-electron chi connectivity index (χ0n) is 8.13. The Morgan fingerprint density at radius 2 is 2.33 bits per heavy atom. The van der Waals surface area contributed by atoms with Gasteiger partial charge < -0.3 is 10.2 Å². The number of hydrogen-bond donors (Lipinski definition) is 1. The quantitative estimate of drug-likeness (QED) is 0.785. The number of nitrogens with zero attached hydrogens (tertiary/aromatic N) is 1. The smallest absolute Gasteiger partial charge is 0.317 e. The number of likely N-dealkylation sites (N-methyl/N-ethyl adjacent to an activating group) is 1. The lowest BCUT2D eigenvalue weighted by atomic mass is 10.1. The molecule has 15 heavy (non-hydrogen) atoms. The van der Waals surface area contributed by atoms with E-state index < -0.39 is 0 Å². The average molecular weight is 229 g/mol. The van der Waals surface area contributed by atoms with Gasteiger partial charge in [0.2, 0.25) is 0 Å². The number of rotatable bonds is 1. The summed E-state index contributed by atoms with van der Waals surface area (Å²) in [5.74, 6) is -0.340. The van der Waals surface area contributed by atoms with E-state index in [1.165, 1.54) is 17.0 Å². The Kier molecular flexibility index (Phi) is 2.52. The van der Waals surface area contributed by atoms with Crippen molar-refractivity contribution in [3.63, 3.8) is 0 Å². The fourth-order valence-electron chi connectivity index (χ4n) is 1.68. The molecule has 0 spiro atoms. The van der Waals surface area contributed by atoms with Gasteiger partial charge in [0.05, 0.1) is 6.04 Å². The summed E-state index contributed by atoms with van der Waals surface area (Å²) in [6.07, 6.45) is 0. The van der Waals surface area contributed by atoms with Crippen molar-refractivity contribution in [2.75, 3.05) is 13.6 Å². The predicted octanol–water partition coefficient (Wildman–Crippen LogP) is 2.18. The van der Waals surface area contributed by atoms with Gasteiger partial charge in [-0.2, -0.15) is 0 Å². The van der Waals surface area contributed by atoms with Crippen molar-refractivity contribution in [2.24, 2.45) is 0 Å². The molecule has 2 amide bonds. The topological polar surface area (TPSA) is 32.3 Å². The van der Waals surface area contributed by atoms with Crippen molar-refractivity contribution < 1.29 is 9.18 Å². The fraction of sp³-hybridized carbons (Fsp3) is 0.300. The number of nitrogens with one attached hydrogen (secondary N) is 1. The lowest BCUT2D eigenvalue weighted by Crippen LogP contribution is -2.25. The van der Waals surface area contributed by atoms with Crippen molar-refractivity contribution in [3.05, 3.63) is 34.6 Å². The standard InChI is InChI=1S/C10H10ClFN2O/c1-14-9(5-13-10(14)15)7-4-6(11)2-3-8(7)12/h2-4,9H,5H2,1H3,(H,13,15). The van der Waals surface area contributed by atoms with E-state index in [1.54, 1.807) is 13.1 Å². The molecular formula is C10H10ClFN2O. The molecule has 1 heterocycles. The van der Waals surface area contributed by atoms with Crippen LogP contribution >= 0.6 is 11.6 Å². The van der Waals surface area contributed by atoms with Crippen LogP contribution in [-0.2, 0) is 0 Å².